The third kappa shape index (κ3) is 7.24. The van der Waals surface area contributed by atoms with Crippen LogP contribution in [0.5, 0.6) is 0 Å². The van der Waals surface area contributed by atoms with Crippen molar-refractivity contribution in [3.63, 3.8) is 0 Å². The van der Waals surface area contributed by atoms with Crippen LogP contribution < -0.4 is 26.6 Å². The Kier molecular flexibility index (Phi) is 8.63. The Balaban J connectivity index is 1.30. The number of nitrogens with zero attached hydrogens (tertiary/aromatic N) is 1. The van der Waals surface area contributed by atoms with E-state index in [1.807, 2.05) is 60.7 Å². The third-order valence-electron chi connectivity index (χ3n) is 6.53. The van der Waals surface area contributed by atoms with Crippen molar-refractivity contribution in [1.29, 1.82) is 5.41 Å². The van der Waals surface area contributed by atoms with Crippen LogP contribution in [0.2, 0.25) is 0 Å². The Morgan fingerprint density at radius 1 is 0.821 bits per heavy atom. The van der Waals surface area contributed by atoms with E-state index in [2.05, 4.69) is 20.9 Å². The van der Waals surface area contributed by atoms with Crippen LogP contribution in [0.1, 0.15) is 37.0 Å². The molecule has 1 heterocycles. The molecule has 4 rings (SSSR count). The smallest absolute Gasteiger partial charge is 0.259 e. The molecule has 0 spiro atoms. The lowest BCUT2D eigenvalue weighted by molar-refractivity contribution is -0.112. The first-order valence-electron chi connectivity index (χ1n) is 12.8. The number of benzene rings is 3. The van der Waals surface area contributed by atoms with E-state index in [-0.39, 0.29) is 23.3 Å². The van der Waals surface area contributed by atoms with E-state index >= 15 is 0 Å². The molecule has 39 heavy (non-hydrogen) atoms. The number of carbonyl (C=O) groups is 2. The summed E-state index contributed by atoms with van der Waals surface area (Å²) in [6, 6.07) is 22.1. The zero-order valence-electron chi connectivity index (χ0n) is 22.1. The first kappa shape index (κ1) is 27.4. The molecule has 0 aromatic heterocycles. The van der Waals surface area contributed by atoms with Crippen LogP contribution in [-0.4, -0.2) is 41.8 Å². The van der Waals surface area contributed by atoms with Crippen LogP contribution in [-0.2, 0) is 4.79 Å². The zero-order valence-corrected chi connectivity index (χ0v) is 22.1. The second-order valence-corrected chi connectivity index (χ2v) is 9.64. The Bertz CT molecular complexity index is 1350. The summed E-state index contributed by atoms with van der Waals surface area (Å²) in [5.41, 5.74) is 10.9. The van der Waals surface area contributed by atoms with Gasteiger partial charge in [0.25, 0.3) is 11.8 Å². The maximum Gasteiger partial charge on any atom is 0.259 e. The molecular formula is C30H34N6O3. The molecule has 1 aliphatic heterocycles. The van der Waals surface area contributed by atoms with Gasteiger partial charge in [0.1, 0.15) is 0 Å². The summed E-state index contributed by atoms with van der Waals surface area (Å²) in [4.78, 5) is 27.4. The molecule has 1 saturated heterocycles. The molecule has 0 aliphatic carbocycles. The van der Waals surface area contributed by atoms with Crippen molar-refractivity contribution in [1.82, 2.24) is 0 Å². The Labute approximate surface area is 228 Å². The molecule has 7 N–H and O–H groups in total. The number of carbonyl (C=O) groups excluding carboxylic acids is 2. The molecule has 3 aromatic rings. The van der Waals surface area contributed by atoms with Crippen LogP contribution in [0.15, 0.2) is 84.1 Å². The van der Waals surface area contributed by atoms with Crippen molar-refractivity contribution in [2.75, 3.05) is 33.9 Å². The first-order valence-corrected chi connectivity index (χ1v) is 12.8. The number of nitrogens with two attached hydrogens (primary N) is 1. The van der Waals surface area contributed by atoms with E-state index in [1.54, 1.807) is 19.1 Å². The number of aliphatic hydroxyl groups is 1. The summed E-state index contributed by atoms with van der Waals surface area (Å²) < 4.78 is 0. The standard InChI is InChI=1S/C30H34N6O3/c1-19(31)28(20(2)32)30(39)35-25-11-7-23(8-12-25)33-22-5-9-24(10-6-22)34-29(38)21-3-13-26(14-4-21)36-17-15-27(37)16-18-36/h3-14,27,31,33,37H,15-18,32H2,1-2H3,(H,34,38)(H,35,39)/b28-20+,31-19?. The maximum atomic E-state index is 12.7. The Hall–Kier alpha value is -4.63. The van der Waals surface area contributed by atoms with Gasteiger partial charge in [-0.15, -0.1) is 0 Å². The fourth-order valence-electron chi connectivity index (χ4n) is 4.43. The van der Waals surface area contributed by atoms with Gasteiger partial charge in [0.2, 0.25) is 0 Å². The van der Waals surface area contributed by atoms with Crippen molar-refractivity contribution in [2.45, 2.75) is 32.8 Å². The first-order chi connectivity index (χ1) is 18.7. The lowest BCUT2D eigenvalue weighted by atomic mass is 10.1. The average molecular weight is 527 g/mol. The van der Waals surface area contributed by atoms with Gasteiger partial charge in [0.05, 0.1) is 11.7 Å². The van der Waals surface area contributed by atoms with Gasteiger partial charge in [0, 0.05) is 58.5 Å². The highest BCUT2D eigenvalue weighted by molar-refractivity contribution is 6.24. The zero-order chi connectivity index (χ0) is 27.9. The van der Waals surface area contributed by atoms with E-state index in [0.717, 1.165) is 43.0 Å². The van der Waals surface area contributed by atoms with Gasteiger partial charge in [-0.3, -0.25) is 9.59 Å². The predicted molar refractivity (Wildman–Crippen MR) is 157 cm³/mol. The van der Waals surface area contributed by atoms with Gasteiger partial charge in [-0.2, -0.15) is 0 Å². The molecule has 202 valence electrons. The van der Waals surface area contributed by atoms with Gasteiger partial charge in [0.15, 0.2) is 0 Å². The third-order valence-corrected chi connectivity index (χ3v) is 6.53. The fourth-order valence-corrected chi connectivity index (χ4v) is 4.43. The highest BCUT2D eigenvalue weighted by atomic mass is 16.3. The molecule has 3 aromatic carbocycles. The fraction of sp³-hybridized carbons (Fsp3) is 0.233. The highest BCUT2D eigenvalue weighted by Crippen LogP contribution is 2.23. The molecular weight excluding hydrogens is 492 g/mol. The molecule has 9 nitrogen and oxygen atoms in total. The SMILES string of the molecule is CC(=N)/C(C(=O)Nc1ccc(Nc2ccc(NC(=O)c3ccc(N4CCC(O)CC4)cc3)cc2)cc1)=C(/C)N. The minimum absolute atomic E-state index is 0.110. The number of nitrogens with one attached hydrogen (secondary N) is 4. The molecule has 2 amide bonds. The normalized spacial score (nSPS) is 14.3. The second kappa shape index (κ2) is 12.3. The van der Waals surface area contributed by atoms with Crippen LogP contribution in [0.4, 0.5) is 28.4 Å². The van der Waals surface area contributed by atoms with Crippen molar-refractivity contribution in [3.05, 3.63) is 89.6 Å². The molecule has 0 saturated carbocycles. The molecule has 9 heteroatoms. The summed E-state index contributed by atoms with van der Waals surface area (Å²) in [6.07, 6.45) is 1.30. The number of anilines is 5. The van der Waals surface area contributed by atoms with Crippen molar-refractivity contribution in [3.8, 4) is 0 Å². The predicted octanol–water partition coefficient (Wildman–Crippen LogP) is 4.85. The maximum absolute atomic E-state index is 12.7. The number of rotatable bonds is 8. The molecule has 0 atom stereocenters. The number of amides is 2. The Morgan fingerprint density at radius 2 is 1.31 bits per heavy atom. The minimum atomic E-state index is -0.417. The number of hydrogen-bond donors (Lipinski definition) is 6. The summed E-state index contributed by atoms with van der Waals surface area (Å²) >= 11 is 0. The summed E-state index contributed by atoms with van der Waals surface area (Å²) in [5, 5.41) is 26.4. The number of hydrogen-bond acceptors (Lipinski definition) is 7. The largest absolute Gasteiger partial charge is 0.402 e. The molecule has 0 bridgehead atoms. The Morgan fingerprint density at radius 3 is 1.79 bits per heavy atom. The molecule has 0 radical (unpaired) electrons. The van der Waals surface area contributed by atoms with Gasteiger partial charge in [-0.05, 0) is 99.5 Å². The van der Waals surface area contributed by atoms with Crippen LogP contribution in [0.3, 0.4) is 0 Å². The van der Waals surface area contributed by atoms with Crippen LogP contribution in [0, 0.1) is 5.41 Å². The van der Waals surface area contributed by atoms with Crippen molar-refractivity contribution in [2.24, 2.45) is 5.73 Å². The lowest BCUT2D eigenvalue weighted by Gasteiger charge is -2.31. The summed E-state index contributed by atoms with van der Waals surface area (Å²) in [7, 11) is 0. The highest BCUT2D eigenvalue weighted by Gasteiger charge is 2.18. The number of aliphatic hydroxyl groups excluding tert-OH is 1. The van der Waals surface area contributed by atoms with Crippen molar-refractivity contribution >= 4 is 46.0 Å². The summed E-state index contributed by atoms with van der Waals surface area (Å²) in [5.74, 6) is -0.602. The van der Waals surface area contributed by atoms with Gasteiger partial charge >= 0.3 is 0 Å². The number of allylic oxidation sites excluding steroid dienone is 1. The van der Waals surface area contributed by atoms with E-state index in [1.165, 1.54) is 6.92 Å². The van der Waals surface area contributed by atoms with E-state index < -0.39 is 5.91 Å². The minimum Gasteiger partial charge on any atom is -0.402 e. The van der Waals surface area contributed by atoms with Crippen LogP contribution >= 0.6 is 0 Å². The van der Waals surface area contributed by atoms with E-state index in [4.69, 9.17) is 11.1 Å². The molecule has 1 aliphatic rings. The van der Waals surface area contributed by atoms with Crippen LogP contribution in [0.25, 0.3) is 0 Å². The quantitative estimate of drug-likeness (QED) is 0.183. The molecule has 0 unspecified atom stereocenters. The monoisotopic (exact) mass is 526 g/mol. The van der Waals surface area contributed by atoms with Gasteiger partial charge in [-0.1, -0.05) is 0 Å². The topological polar surface area (TPSA) is 144 Å². The molecule has 1 fully saturated rings. The average Bonchev–Trinajstić information content (AvgIpc) is 2.91. The number of piperidine rings is 1. The van der Waals surface area contributed by atoms with Crippen molar-refractivity contribution < 1.29 is 14.7 Å². The lowest BCUT2D eigenvalue weighted by Crippen LogP contribution is -2.35. The van der Waals surface area contributed by atoms with Gasteiger partial charge < -0.3 is 37.1 Å². The van der Waals surface area contributed by atoms with Gasteiger partial charge in [-0.25, -0.2) is 0 Å². The van der Waals surface area contributed by atoms with E-state index in [9.17, 15) is 14.7 Å². The second-order valence-electron chi connectivity index (χ2n) is 9.64. The summed E-state index contributed by atoms with van der Waals surface area (Å²) in [6.45, 7) is 4.74. The van der Waals surface area contributed by atoms with E-state index in [0.29, 0.717) is 22.6 Å².